The highest BCUT2D eigenvalue weighted by molar-refractivity contribution is 5.99. The van der Waals surface area contributed by atoms with E-state index in [9.17, 15) is 14.4 Å². The first kappa shape index (κ1) is 22.7. The first-order valence-electron chi connectivity index (χ1n) is 10.4. The summed E-state index contributed by atoms with van der Waals surface area (Å²) in [5.74, 6) is 0.194. The van der Waals surface area contributed by atoms with Gasteiger partial charge in [0, 0.05) is 18.7 Å². The molecule has 1 saturated heterocycles. The Hall–Kier alpha value is -2.57. The van der Waals surface area contributed by atoms with Crippen molar-refractivity contribution in [3.05, 3.63) is 29.8 Å². The average Bonchev–Trinajstić information content (AvgIpc) is 2.69. The maximum absolute atomic E-state index is 13.0. The number of nitrogens with zero attached hydrogens (tertiary/aromatic N) is 1. The Morgan fingerprint density at radius 1 is 1.21 bits per heavy atom. The van der Waals surface area contributed by atoms with Gasteiger partial charge in [-0.3, -0.25) is 14.4 Å². The molecule has 29 heavy (non-hydrogen) atoms. The van der Waals surface area contributed by atoms with Crippen LogP contribution in [0.4, 0.5) is 0 Å². The van der Waals surface area contributed by atoms with Crippen molar-refractivity contribution in [2.24, 2.45) is 5.92 Å². The molecule has 1 N–H and O–H groups in total. The number of ether oxygens (including phenoxy) is 2. The number of nitrogens with one attached hydrogen (secondary N) is 1. The van der Waals surface area contributed by atoms with Crippen LogP contribution in [0, 0.1) is 5.92 Å². The van der Waals surface area contributed by atoms with Crippen molar-refractivity contribution in [1.29, 1.82) is 0 Å². The number of amides is 2. The Bertz CT molecular complexity index is 687. The van der Waals surface area contributed by atoms with E-state index in [1.807, 2.05) is 6.92 Å². The van der Waals surface area contributed by atoms with Gasteiger partial charge in [0.25, 0.3) is 5.91 Å². The van der Waals surface area contributed by atoms with E-state index in [2.05, 4.69) is 19.2 Å². The van der Waals surface area contributed by atoms with Crippen LogP contribution in [0.3, 0.4) is 0 Å². The molecule has 0 aliphatic carbocycles. The molecule has 1 fully saturated rings. The van der Waals surface area contributed by atoms with Crippen LogP contribution >= 0.6 is 0 Å². The molecule has 1 aromatic carbocycles. The first-order valence-corrected chi connectivity index (χ1v) is 10.4. The van der Waals surface area contributed by atoms with Crippen LogP contribution in [-0.2, 0) is 14.3 Å². The number of piperazine rings is 1. The zero-order valence-corrected chi connectivity index (χ0v) is 17.6. The topological polar surface area (TPSA) is 84.9 Å². The summed E-state index contributed by atoms with van der Waals surface area (Å²) in [4.78, 5) is 38.8. The second-order valence-corrected chi connectivity index (χ2v) is 7.64. The normalized spacial score (nSPS) is 16.5. The maximum atomic E-state index is 13.0. The fraction of sp³-hybridized carbons (Fsp3) is 0.591. The summed E-state index contributed by atoms with van der Waals surface area (Å²) in [5.41, 5.74) is 0.459. The molecule has 0 spiro atoms. The van der Waals surface area contributed by atoms with Gasteiger partial charge in [-0.25, -0.2) is 0 Å². The molecule has 2 amide bonds. The predicted octanol–water partition coefficient (Wildman–Crippen LogP) is 2.79. The highest BCUT2D eigenvalue weighted by Gasteiger charge is 2.35. The third kappa shape index (κ3) is 7.07. The lowest BCUT2D eigenvalue weighted by Crippen LogP contribution is -2.57. The second kappa shape index (κ2) is 11.4. The van der Waals surface area contributed by atoms with Crippen LogP contribution < -0.4 is 10.1 Å². The summed E-state index contributed by atoms with van der Waals surface area (Å²) >= 11 is 0. The van der Waals surface area contributed by atoms with Crippen molar-refractivity contribution in [3.63, 3.8) is 0 Å². The minimum absolute atomic E-state index is 0.141. The van der Waals surface area contributed by atoms with E-state index < -0.39 is 12.0 Å². The number of unbranched alkanes of at least 4 members (excludes halogenated alkanes) is 1. The van der Waals surface area contributed by atoms with Gasteiger partial charge < -0.3 is 19.7 Å². The number of benzene rings is 1. The molecule has 0 aromatic heterocycles. The molecule has 1 aromatic rings. The van der Waals surface area contributed by atoms with Gasteiger partial charge in [0.15, 0.2) is 0 Å². The second-order valence-electron chi connectivity index (χ2n) is 7.64. The average molecular weight is 405 g/mol. The molecule has 1 aliphatic rings. The Kier molecular flexibility index (Phi) is 8.96. The Morgan fingerprint density at radius 2 is 1.93 bits per heavy atom. The molecule has 7 nitrogen and oxygen atoms in total. The molecule has 0 radical (unpaired) electrons. The molecule has 1 aliphatic heterocycles. The summed E-state index contributed by atoms with van der Waals surface area (Å²) in [7, 11) is 0. The van der Waals surface area contributed by atoms with Crippen LogP contribution in [0.15, 0.2) is 24.3 Å². The highest BCUT2D eigenvalue weighted by atomic mass is 16.5. The number of carbonyl (C=O) groups is 3. The lowest BCUT2D eigenvalue weighted by molar-refractivity contribution is -0.147. The summed E-state index contributed by atoms with van der Waals surface area (Å²) < 4.78 is 10.8. The minimum atomic E-state index is -0.854. The van der Waals surface area contributed by atoms with Crippen molar-refractivity contribution >= 4 is 17.8 Å². The fourth-order valence-electron chi connectivity index (χ4n) is 2.98. The fourth-order valence-corrected chi connectivity index (χ4v) is 2.98. The molecule has 0 unspecified atom stereocenters. The highest BCUT2D eigenvalue weighted by Crippen LogP contribution is 2.18. The van der Waals surface area contributed by atoms with E-state index in [0.717, 1.165) is 19.3 Å². The van der Waals surface area contributed by atoms with Crippen molar-refractivity contribution in [3.8, 4) is 5.75 Å². The van der Waals surface area contributed by atoms with Crippen molar-refractivity contribution in [2.75, 3.05) is 26.3 Å². The minimum Gasteiger partial charge on any atom is -0.494 e. The van der Waals surface area contributed by atoms with Crippen molar-refractivity contribution in [1.82, 2.24) is 10.2 Å². The number of rotatable bonds is 10. The van der Waals surface area contributed by atoms with Crippen LogP contribution in [-0.4, -0.2) is 55.0 Å². The standard InChI is InChI=1S/C22H32N2O5/c1-4-5-13-29-20(25)15-19-21(26)23-11-12-24(19)22(27)17-6-8-18(9-7-17)28-14-10-16(2)3/h6-9,16,19H,4-5,10-15H2,1-3H3,(H,23,26)/t19-/m0/s1. The van der Waals surface area contributed by atoms with Crippen LogP contribution in [0.1, 0.15) is 56.8 Å². The zero-order chi connectivity index (χ0) is 21.2. The summed E-state index contributed by atoms with van der Waals surface area (Å²) in [6.07, 6.45) is 2.51. The van der Waals surface area contributed by atoms with E-state index in [4.69, 9.17) is 9.47 Å². The van der Waals surface area contributed by atoms with E-state index in [1.165, 1.54) is 4.90 Å². The molecule has 0 bridgehead atoms. The predicted molar refractivity (Wildman–Crippen MR) is 110 cm³/mol. The van der Waals surface area contributed by atoms with Crippen LogP contribution in [0.25, 0.3) is 0 Å². The largest absolute Gasteiger partial charge is 0.494 e. The molecule has 2 rings (SSSR count). The third-order valence-corrected chi connectivity index (χ3v) is 4.78. The molecule has 1 heterocycles. The lowest BCUT2D eigenvalue weighted by atomic mass is 10.1. The molecule has 0 saturated carbocycles. The van der Waals surface area contributed by atoms with E-state index in [1.54, 1.807) is 24.3 Å². The quantitative estimate of drug-likeness (QED) is 0.479. The first-order chi connectivity index (χ1) is 13.9. The van der Waals surface area contributed by atoms with Gasteiger partial charge in [-0.15, -0.1) is 0 Å². The molecule has 7 heteroatoms. The van der Waals surface area contributed by atoms with Gasteiger partial charge in [-0.05, 0) is 43.0 Å². The van der Waals surface area contributed by atoms with Gasteiger partial charge in [0.2, 0.25) is 5.91 Å². The molecule has 160 valence electrons. The smallest absolute Gasteiger partial charge is 0.308 e. The van der Waals surface area contributed by atoms with Crippen molar-refractivity contribution < 1.29 is 23.9 Å². The number of hydrogen-bond acceptors (Lipinski definition) is 5. The number of esters is 1. The zero-order valence-electron chi connectivity index (χ0n) is 17.6. The van der Waals surface area contributed by atoms with Gasteiger partial charge in [-0.2, -0.15) is 0 Å². The van der Waals surface area contributed by atoms with Crippen molar-refractivity contribution in [2.45, 2.75) is 52.5 Å². The van der Waals surface area contributed by atoms with E-state index >= 15 is 0 Å². The van der Waals surface area contributed by atoms with E-state index in [0.29, 0.717) is 43.5 Å². The van der Waals surface area contributed by atoms with Gasteiger partial charge >= 0.3 is 5.97 Å². The monoisotopic (exact) mass is 404 g/mol. The molecule has 1 atom stereocenters. The summed E-state index contributed by atoms with van der Waals surface area (Å²) in [6.45, 7) is 7.94. The Balaban J connectivity index is 2.00. The molecular weight excluding hydrogens is 372 g/mol. The SMILES string of the molecule is CCCCOC(=O)C[C@H]1C(=O)NCCN1C(=O)c1ccc(OCCC(C)C)cc1. The Morgan fingerprint density at radius 3 is 2.59 bits per heavy atom. The van der Waals surface area contributed by atoms with Gasteiger partial charge in [-0.1, -0.05) is 27.2 Å². The van der Waals surface area contributed by atoms with Gasteiger partial charge in [0.1, 0.15) is 11.8 Å². The van der Waals surface area contributed by atoms with Crippen LogP contribution in [0.2, 0.25) is 0 Å². The maximum Gasteiger partial charge on any atom is 0.308 e. The summed E-state index contributed by atoms with van der Waals surface area (Å²) in [6, 6.07) is 6.04. The number of hydrogen-bond donors (Lipinski definition) is 1. The van der Waals surface area contributed by atoms with Gasteiger partial charge in [0.05, 0.1) is 19.6 Å². The Labute approximate surface area is 172 Å². The molecular formula is C22H32N2O5. The number of carbonyl (C=O) groups excluding carboxylic acids is 3. The lowest BCUT2D eigenvalue weighted by Gasteiger charge is -2.34. The third-order valence-electron chi connectivity index (χ3n) is 4.78. The van der Waals surface area contributed by atoms with Crippen LogP contribution in [0.5, 0.6) is 5.75 Å². The van der Waals surface area contributed by atoms with E-state index in [-0.39, 0.29) is 18.2 Å². The summed E-state index contributed by atoms with van der Waals surface area (Å²) in [5, 5.41) is 2.72.